The maximum Gasteiger partial charge on any atom is 0.355 e. The normalized spacial score (nSPS) is 30.1. The number of benzene rings is 1. The molecule has 2 N–H and O–H groups in total. The minimum Gasteiger partial charge on any atom is -0.493 e. The number of fused-ring (bicyclic) bond motifs is 1. The molecule has 1 aromatic carbocycles. The highest BCUT2D eigenvalue weighted by atomic mass is 32.1. The van der Waals surface area contributed by atoms with E-state index in [4.69, 9.17) is 14.6 Å². The van der Waals surface area contributed by atoms with E-state index in [0.717, 1.165) is 12.8 Å². The lowest BCUT2D eigenvalue weighted by molar-refractivity contribution is -0.0812. The molecule has 27 heavy (non-hydrogen) atoms. The zero-order chi connectivity index (χ0) is 19.0. The lowest BCUT2D eigenvalue weighted by Gasteiger charge is -2.33. The smallest absolute Gasteiger partial charge is 0.355 e. The third kappa shape index (κ3) is 3.83. The summed E-state index contributed by atoms with van der Waals surface area (Å²) in [4.78, 5) is 15.1. The van der Waals surface area contributed by atoms with Crippen LogP contribution in [0.2, 0.25) is 0 Å². The van der Waals surface area contributed by atoms with Crippen LogP contribution in [0.5, 0.6) is 5.75 Å². The van der Waals surface area contributed by atoms with Crippen molar-refractivity contribution in [1.82, 2.24) is 4.98 Å². The Balaban J connectivity index is 1.39. The first kappa shape index (κ1) is 18.3. The monoisotopic (exact) mass is 393 g/mol. The first-order chi connectivity index (χ1) is 13.0. The van der Waals surface area contributed by atoms with Crippen LogP contribution >= 0.6 is 11.3 Å². The van der Waals surface area contributed by atoms with Gasteiger partial charge in [0.1, 0.15) is 22.7 Å². The van der Waals surface area contributed by atoms with Gasteiger partial charge in [-0.15, -0.1) is 11.3 Å². The predicted octanol–water partition coefficient (Wildman–Crippen LogP) is 3.28. The fourth-order valence-corrected chi connectivity index (χ4v) is 4.89. The number of carbonyl (C=O) groups is 1. The largest absolute Gasteiger partial charge is 0.493 e. The van der Waals surface area contributed by atoms with Crippen molar-refractivity contribution in [3.8, 4) is 5.75 Å². The quantitative estimate of drug-likeness (QED) is 0.811. The lowest BCUT2D eigenvalue weighted by Crippen LogP contribution is -2.33. The van der Waals surface area contributed by atoms with E-state index < -0.39 is 12.1 Å². The molecule has 1 saturated heterocycles. The first-order valence-electron chi connectivity index (χ1n) is 8.92. The molecule has 1 saturated carbocycles. The van der Waals surface area contributed by atoms with Gasteiger partial charge >= 0.3 is 5.97 Å². The molecule has 1 aliphatic heterocycles. The number of hydrogen-bond acceptors (Lipinski definition) is 6. The number of ether oxygens (including phenoxy) is 2. The van der Waals surface area contributed by atoms with E-state index in [9.17, 15) is 14.3 Å². The maximum absolute atomic E-state index is 13.3. The van der Waals surface area contributed by atoms with Crippen molar-refractivity contribution in [1.29, 1.82) is 0 Å². The van der Waals surface area contributed by atoms with Crippen LogP contribution in [0.1, 0.15) is 40.9 Å². The zero-order valence-electron chi connectivity index (χ0n) is 14.5. The van der Waals surface area contributed by atoms with Gasteiger partial charge in [-0.25, -0.2) is 14.2 Å². The van der Waals surface area contributed by atoms with E-state index in [1.54, 1.807) is 12.1 Å². The number of rotatable bonds is 5. The topological polar surface area (TPSA) is 88.9 Å². The Labute approximate surface area is 159 Å². The van der Waals surface area contributed by atoms with E-state index in [1.165, 1.54) is 28.8 Å². The molecule has 5 unspecified atom stereocenters. The molecule has 0 amide bonds. The van der Waals surface area contributed by atoms with Crippen molar-refractivity contribution in [3.05, 3.63) is 46.2 Å². The number of aromatic carboxylic acids is 1. The molecule has 5 atom stereocenters. The van der Waals surface area contributed by atoms with Crippen molar-refractivity contribution < 1.29 is 28.9 Å². The van der Waals surface area contributed by atoms with Crippen LogP contribution in [0.15, 0.2) is 29.6 Å². The summed E-state index contributed by atoms with van der Waals surface area (Å²) in [6, 6.07) is 5.97. The summed E-state index contributed by atoms with van der Waals surface area (Å²) in [5, 5.41) is 21.7. The molecule has 0 radical (unpaired) electrons. The average Bonchev–Trinajstić information content (AvgIpc) is 3.24. The Hall–Kier alpha value is -2.03. The number of thiazole rings is 1. The molecule has 0 spiro atoms. The SMILES string of the molecule is O=C(O)c1csc(C2CCC3C(CC(O)C3COc3cccc(F)c3)O2)n1. The van der Waals surface area contributed by atoms with Crippen LogP contribution in [-0.2, 0) is 4.74 Å². The zero-order valence-corrected chi connectivity index (χ0v) is 15.3. The molecular weight excluding hydrogens is 373 g/mol. The van der Waals surface area contributed by atoms with Gasteiger partial charge in [-0.3, -0.25) is 0 Å². The number of nitrogens with zero attached hydrogens (tertiary/aromatic N) is 1. The van der Waals surface area contributed by atoms with Crippen LogP contribution in [0.4, 0.5) is 4.39 Å². The molecule has 144 valence electrons. The Kier molecular flexibility index (Phi) is 5.12. The predicted molar refractivity (Wildman–Crippen MR) is 95.4 cm³/mol. The molecule has 1 aliphatic carbocycles. The number of aromatic nitrogens is 1. The average molecular weight is 393 g/mol. The van der Waals surface area contributed by atoms with Gasteiger partial charge in [0.15, 0.2) is 5.69 Å². The Morgan fingerprint density at radius 3 is 3.00 bits per heavy atom. The van der Waals surface area contributed by atoms with Crippen molar-refractivity contribution >= 4 is 17.3 Å². The number of carboxylic acid groups (broad SMARTS) is 1. The Bertz CT molecular complexity index is 828. The van der Waals surface area contributed by atoms with E-state index >= 15 is 0 Å². The minimum atomic E-state index is -1.04. The molecule has 0 bridgehead atoms. The van der Waals surface area contributed by atoms with E-state index in [1.807, 2.05) is 0 Å². The van der Waals surface area contributed by atoms with Crippen LogP contribution in [0, 0.1) is 17.7 Å². The van der Waals surface area contributed by atoms with Gasteiger partial charge in [0.25, 0.3) is 0 Å². The summed E-state index contributed by atoms with van der Waals surface area (Å²) in [7, 11) is 0. The van der Waals surface area contributed by atoms with Crippen molar-refractivity contribution in [2.45, 2.75) is 37.6 Å². The second-order valence-electron chi connectivity index (χ2n) is 7.02. The standard InChI is InChI=1S/C19H20FNO5S/c20-10-2-1-3-11(6-10)25-8-13-12-4-5-16(26-17(12)7-15(13)22)18-21-14(9-27-18)19(23)24/h1-3,6,9,12-13,15-17,22H,4-5,7-8H2,(H,23,24). The third-order valence-electron chi connectivity index (χ3n) is 5.35. The number of aliphatic hydroxyl groups excluding tert-OH is 1. The molecule has 1 aromatic heterocycles. The van der Waals surface area contributed by atoms with Gasteiger partial charge in [-0.2, -0.15) is 0 Å². The fraction of sp³-hybridized carbons (Fsp3) is 0.474. The summed E-state index contributed by atoms with van der Waals surface area (Å²) in [6.45, 7) is 0.306. The van der Waals surface area contributed by atoms with Crippen LogP contribution in [0.25, 0.3) is 0 Å². The summed E-state index contributed by atoms with van der Waals surface area (Å²) >= 11 is 1.29. The van der Waals surface area contributed by atoms with Crippen molar-refractivity contribution in [2.24, 2.45) is 11.8 Å². The highest BCUT2D eigenvalue weighted by Crippen LogP contribution is 2.46. The Morgan fingerprint density at radius 2 is 2.26 bits per heavy atom. The highest BCUT2D eigenvalue weighted by molar-refractivity contribution is 7.09. The van der Waals surface area contributed by atoms with Crippen LogP contribution < -0.4 is 4.74 Å². The van der Waals surface area contributed by atoms with Crippen molar-refractivity contribution in [2.75, 3.05) is 6.61 Å². The second-order valence-corrected chi connectivity index (χ2v) is 7.91. The van der Waals surface area contributed by atoms with E-state index in [2.05, 4.69) is 4.98 Å². The number of halogens is 1. The number of aliphatic hydroxyl groups is 1. The van der Waals surface area contributed by atoms with Crippen molar-refractivity contribution in [3.63, 3.8) is 0 Å². The van der Waals surface area contributed by atoms with Gasteiger partial charge in [0.2, 0.25) is 0 Å². The summed E-state index contributed by atoms with van der Waals surface area (Å²) in [5.74, 6) is -0.875. The van der Waals surface area contributed by atoms with E-state index in [0.29, 0.717) is 23.8 Å². The summed E-state index contributed by atoms with van der Waals surface area (Å²) in [5.41, 5.74) is 0.0357. The van der Waals surface area contributed by atoms with E-state index in [-0.39, 0.29) is 35.6 Å². The minimum absolute atomic E-state index is 0.0357. The maximum atomic E-state index is 13.3. The fourth-order valence-electron chi connectivity index (χ4n) is 4.03. The second kappa shape index (κ2) is 7.53. The molecule has 4 rings (SSSR count). The van der Waals surface area contributed by atoms with Gasteiger partial charge < -0.3 is 19.7 Å². The van der Waals surface area contributed by atoms with Gasteiger partial charge in [0, 0.05) is 23.8 Å². The third-order valence-corrected chi connectivity index (χ3v) is 6.29. The molecule has 2 fully saturated rings. The molecule has 2 aromatic rings. The Morgan fingerprint density at radius 1 is 1.41 bits per heavy atom. The lowest BCUT2D eigenvalue weighted by atomic mass is 9.87. The van der Waals surface area contributed by atoms with Gasteiger partial charge in [-0.05, 0) is 30.9 Å². The molecule has 8 heteroatoms. The number of hydrogen-bond donors (Lipinski definition) is 2. The highest BCUT2D eigenvalue weighted by Gasteiger charge is 2.47. The molecule has 6 nitrogen and oxygen atoms in total. The summed E-state index contributed by atoms with van der Waals surface area (Å²) in [6.07, 6.45) is 1.17. The van der Waals surface area contributed by atoms with Gasteiger partial charge in [-0.1, -0.05) is 6.07 Å². The van der Waals surface area contributed by atoms with Crippen LogP contribution in [-0.4, -0.2) is 40.0 Å². The molecule has 2 aliphatic rings. The van der Waals surface area contributed by atoms with Crippen LogP contribution in [0.3, 0.4) is 0 Å². The van der Waals surface area contributed by atoms with Gasteiger partial charge in [0.05, 0.1) is 18.8 Å². The summed E-state index contributed by atoms with van der Waals surface area (Å²) < 4.78 is 25.1. The number of carboxylic acids is 1. The molecule has 2 heterocycles. The first-order valence-corrected chi connectivity index (χ1v) is 9.80. The molecular formula is C19H20FNO5S.